The molecule has 9 heteroatoms. The number of carbonyl (C=O) groups excluding carboxylic acids is 1. The largest absolute Gasteiger partial charge is 0.495 e. The smallest absolute Gasteiger partial charge is 0.234 e. The second-order valence-electron chi connectivity index (χ2n) is 6.85. The SMILES string of the molecule is COc1ccc(Cl)cc1NC(=O)CSc1nnc(-c2cccnc2)n1-c1ccccc1C. The fraction of sp³-hybridized carbons (Fsp3) is 0.130. The van der Waals surface area contributed by atoms with Crippen molar-refractivity contribution >= 4 is 35.0 Å². The van der Waals surface area contributed by atoms with Gasteiger partial charge in [0.2, 0.25) is 5.91 Å². The van der Waals surface area contributed by atoms with Crippen LogP contribution in [0.25, 0.3) is 17.1 Å². The highest BCUT2D eigenvalue weighted by Gasteiger charge is 2.19. The van der Waals surface area contributed by atoms with Gasteiger partial charge >= 0.3 is 0 Å². The van der Waals surface area contributed by atoms with Crippen LogP contribution in [0.2, 0.25) is 5.02 Å². The van der Waals surface area contributed by atoms with Gasteiger partial charge < -0.3 is 10.1 Å². The number of nitrogens with zero attached hydrogens (tertiary/aromatic N) is 4. The predicted octanol–water partition coefficient (Wildman–Crippen LogP) is 5.03. The molecule has 0 atom stereocenters. The lowest BCUT2D eigenvalue weighted by molar-refractivity contribution is -0.113. The number of hydrogen-bond acceptors (Lipinski definition) is 6. The number of pyridine rings is 1. The molecule has 162 valence electrons. The number of aromatic nitrogens is 4. The molecule has 0 aliphatic carbocycles. The van der Waals surface area contributed by atoms with E-state index in [1.54, 1.807) is 30.6 Å². The first-order chi connectivity index (χ1) is 15.6. The zero-order chi connectivity index (χ0) is 22.5. The van der Waals surface area contributed by atoms with Gasteiger partial charge in [-0.3, -0.25) is 14.3 Å². The number of amides is 1. The van der Waals surface area contributed by atoms with E-state index in [-0.39, 0.29) is 11.7 Å². The maximum atomic E-state index is 12.7. The average Bonchev–Trinajstić information content (AvgIpc) is 3.22. The first kappa shape index (κ1) is 21.9. The standard InChI is InChI=1S/C23H20ClN5O2S/c1-15-6-3-4-8-19(15)29-22(16-7-5-11-25-13-16)27-28-23(29)32-14-21(30)26-18-12-17(24)9-10-20(18)31-2/h3-13H,14H2,1-2H3,(H,26,30). The first-order valence-corrected chi connectivity index (χ1v) is 11.1. The fourth-order valence-electron chi connectivity index (χ4n) is 3.17. The topological polar surface area (TPSA) is 81.9 Å². The van der Waals surface area contributed by atoms with Crippen LogP contribution in [-0.4, -0.2) is 38.5 Å². The molecule has 0 radical (unpaired) electrons. The monoisotopic (exact) mass is 465 g/mol. The van der Waals surface area contributed by atoms with E-state index in [4.69, 9.17) is 16.3 Å². The summed E-state index contributed by atoms with van der Waals surface area (Å²) < 4.78 is 7.24. The van der Waals surface area contributed by atoms with Crippen LogP contribution < -0.4 is 10.1 Å². The highest BCUT2D eigenvalue weighted by Crippen LogP contribution is 2.30. The molecule has 0 aliphatic heterocycles. The molecule has 0 fully saturated rings. The number of halogens is 1. The van der Waals surface area contributed by atoms with Crippen molar-refractivity contribution in [3.05, 3.63) is 77.6 Å². The van der Waals surface area contributed by atoms with E-state index in [2.05, 4.69) is 20.5 Å². The molecule has 7 nitrogen and oxygen atoms in total. The lowest BCUT2D eigenvalue weighted by Gasteiger charge is -2.13. The van der Waals surface area contributed by atoms with Gasteiger partial charge in [0, 0.05) is 23.0 Å². The van der Waals surface area contributed by atoms with Crippen LogP contribution in [0.1, 0.15) is 5.56 Å². The van der Waals surface area contributed by atoms with Crippen molar-refractivity contribution in [3.63, 3.8) is 0 Å². The van der Waals surface area contributed by atoms with Crippen molar-refractivity contribution in [1.29, 1.82) is 0 Å². The Morgan fingerprint density at radius 2 is 2.00 bits per heavy atom. The number of methoxy groups -OCH3 is 1. The Labute approximate surface area is 194 Å². The Hall–Kier alpha value is -3.36. The van der Waals surface area contributed by atoms with Crippen LogP contribution >= 0.6 is 23.4 Å². The minimum absolute atomic E-state index is 0.132. The minimum atomic E-state index is -0.210. The molecule has 2 aromatic carbocycles. The van der Waals surface area contributed by atoms with Gasteiger partial charge in [-0.15, -0.1) is 10.2 Å². The molecular weight excluding hydrogens is 446 g/mol. The molecule has 1 amide bonds. The number of rotatable bonds is 7. The number of carbonyl (C=O) groups is 1. The van der Waals surface area contributed by atoms with Gasteiger partial charge in [-0.05, 0) is 48.9 Å². The van der Waals surface area contributed by atoms with Crippen molar-refractivity contribution in [1.82, 2.24) is 19.7 Å². The number of aryl methyl sites for hydroxylation is 1. The number of anilines is 1. The molecule has 0 saturated carbocycles. The molecule has 0 spiro atoms. The molecule has 0 unspecified atom stereocenters. The number of hydrogen-bond donors (Lipinski definition) is 1. The van der Waals surface area contributed by atoms with Crippen molar-refractivity contribution < 1.29 is 9.53 Å². The first-order valence-electron chi connectivity index (χ1n) is 9.75. The van der Waals surface area contributed by atoms with Crippen molar-refractivity contribution in [2.24, 2.45) is 0 Å². The van der Waals surface area contributed by atoms with Gasteiger partial charge in [-0.2, -0.15) is 0 Å². The number of nitrogens with one attached hydrogen (secondary N) is 1. The zero-order valence-electron chi connectivity index (χ0n) is 17.4. The molecule has 4 aromatic rings. The van der Waals surface area contributed by atoms with Gasteiger partial charge in [0.05, 0.1) is 24.2 Å². The lowest BCUT2D eigenvalue weighted by atomic mass is 10.2. The van der Waals surface area contributed by atoms with Crippen LogP contribution in [0.5, 0.6) is 5.75 Å². The normalized spacial score (nSPS) is 10.7. The van der Waals surface area contributed by atoms with Crippen molar-refractivity contribution in [2.45, 2.75) is 12.1 Å². The molecule has 0 saturated heterocycles. The van der Waals surface area contributed by atoms with Crippen LogP contribution in [-0.2, 0) is 4.79 Å². The van der Waals surface area contributed by atoms with Crippen LogP contribution in [0.15, 0.2) is 72.1 Å². The molecule has 2 heterocycles. The van der Waals surface area contributed by atoms with Crippen molar-refractivity contribution in [2.75, 3.05) is 18.2 Å². The lowest BCUT2D eigenvalue weighted by Crippen LogP contribution is -2.15. The third-order valence-corrected chi connectivity index (χ3v) is 5.84. The predicted molar refractivity (Wildman–Crippen MR) is 127 cm³/mol. The van der Waals surface area contributed by atoms with E-state index in [9.17, 15) is 4.79 Å². The highest BCUT2D eigenvalue weighted by atomic mass is 35.5. The van der Waals surface area contributed by atoms with E-state index in [1.165, 1.54) is 18.9 Å². The van der Waals surface area contributed by atoms with Gasteiger partial charge in [0.1, 0.15) is 5.75 Å². The third-order valence-electron chi connectivity index (χ3n) is 4.68. The fourth-order valence-corrected chi connectivity index (χ4v) is 4.09. The van der Waals surface area contributed by atoms with E-state index >= 15 is 0 Å². The average molecular weight is 466 g/mol. The van der Waals surface area contributed by atoms with Crippen LogP contribution in [0.4, 0.5) is 5.69 Å². The zero-order valence-corrected chi connectivity index (χ0v) is 19.0. The van der Waals surface area contributed by atoms with E-state index in [0.717, 1.165) is 16.8 Å². The summed E-state index contributed by atoms with van der Waals surface area (Å²) in [5.74, 6) is 1.12. The third kappa shape index (κ3) is 4.76. The number of benzene rings is 2. The van der Waals surface area contributed by atoms with Crippen LogP contribution in [0, 0.1) is 6.92 Å². The summed E-state index contributed by atoms with van der Waals surface area (Å²) >= 11 is 7.35. The number of thioether (sulfide) groups is 1. The van der Waals surface area contributed by atoms with E-state index in [0.29, 0.717) is 27.4 Å². The number of para-hydroxylation sites is 1. The molecule has 0 bridgehead atoms. The van der Waals surface area contributed by atoms with E-state index in [1.807, 2.05) is 47.9 Å². The Morgan fingerprint density at radius 3 is 2.75 bits per heavy atom. The number of ether oxygens (including phenoxy) is 1. The van der Waals surface area contributed by atoms with Gasteiger partial charge in [-0.25, -0.2) is 0 Å². The maximum Gasteiger partial charge on any atom is 0.234 e. The summed E-state index contributed by atoms with van der Waals surface area (Å²) in [7, 11) is 1.54. The molecule has 1 N–H and O–H groups in total. The van der Waals surface area contributed by atoms with Gasteiger partial charge in [0.15, 0.2) is 11.0 Å². The summed E-state index contributed by atoms with van der Waals surface area (Å²) in [6.07, 6.45) is 3.45. The molecule has 2 aromatic heterocycles. The summed E-state index contributed by atoms with van der Waals surface area (Å²) in [4.78, 5) is 16.9. The van der Waals surface area contributed by atoms with Crippen LogP contribution in [0.3, 0.4) is 0 Å². The van der Waals surface area contributed by atoms with Gasteiger partial charge in [0.25, 0.3) is 0 Å². The summed E-state index contributed by atoms with van der Waals surface area (Å²) in [5.41, 5.74) is 3.36. The molecule has 32 heavy (non-hydrogen) atoms. The molecular formula is C23H20ClN5O2S. The quantitative estimate of drug-likeness (QED) is 0.385. The Kier molecular flexibility index (Phi) is 6.72. The Balaban J connectivity index is 1.61. The summed E-state index contributed by atoms with van der Waals surface area (Å²) in [6.45, 7) is 2.02. The summed E-state index contributed by atoms with van der Waals surface area (Å²) in [6, 6.07) is 16.8. The Bertz CT molecular complexity index is 1250. The molecule has 4 rings (SSSR count). The van der Waals surface area contributed by atoms with Crippen molar-refractivity contribution in [3.8, 4) is 22.8 Å². The van der Waals surface area contributed by atoms with Gasteiger partial charge in [-0.1, -0.05) is 41.6 Å². The molecule has 0 aliphatic rings. The summed E-state index contributed by atoms with van der Waals surface area (Å²) in [5, 5.41) is 12.7. The second kappa shape index (κ2) is 9.84. The highest BCUT2D eigenvalue weighted by molar-refractivity contribution is 7.99. The second-order valence-corrected chi connectivity index (χ2v) is 8.23. The maximum absolute atomic E-state index is 12.7. The van der Waals surface area contributed by atoms with E-state index < -0.39 is 0 Å². The Morgan fingerprint density at radius 1 is 1.16 bits per heavy atom. The minimum Gasteiger partial charge on any atom is -0.495 e.